The molecule has 0 aliphatic heterocycles. The standard InChI is InChI=1S/C27H16ClN3S/c28-26-22(14-21-8-4-5-9-24(21)30-26)15-23(16-29)27-31-25(17-32-27)20-12-10-19(11-13-20)18-6-2-1-3-7-18/h1-15,17H. The third kappa shape index (κ3) is 4.04. The molecule has 5 aromatic rings. The van der Waals surface area contributed by atoms with E-state index in [0.29, 0.717) is 21.3 Å². The number of pyridine rings is 1. The fraction of sp³-hybridized carbons (Fsp3) is 0. The third-order valence-electron chi connectivity index (χ3n) is 5.15. The highest BCUT2D eigenvalue weighted by Gasteiger charge is 2.11. The Balaban J connectivity index is 1.45. The summed E-state index contributed by atoms with van der Waals surface area (Å²) >= 11 is 7.82. The van der Waals surface area contributed by atoms with Gasteiger partial charge in [0.2, 0.25) is 0 Å². The van der Waals surface area contributed by atoms with Gasteiger partial charge in [0.15, 0.2) is 0 Å². The number of hydrogen-bond donors (Lipinski definition) is 0. The van der Waals surface area contributed by atoms with E-state index in [1.165, 1.54) is 16.9 Å². The zero-order valence-electron chi connectivity index (χ0n) is 16.9. The van der Waals surface area contributed by atoms with E-state index in [-0.39, 0.29) is 0 Å². The predicted molar refractivity (Wildman–Crippen MR) is 133 cm³/mol. The van der Waals surface area contributed by atoms with Crippen molar-refractivity contribution in [2.75, 3.05) is 0 Å². The molecule has 2 heterocycles. The second-order valence-corrected chi connectivity index (χ2v) is 8.43. The molecule has 3 nitrogen and oxygen atoms in total. The lowest BCUT2D eigenvalue weighted by atomic mass is 10.0. The first kappa shape index (κ1) is 20.1. The maximum Gasteiger partial charge on any atom is 0.137 e. The number of halogens is 1. The van der Waals surface area contributed by atoms with Crippen LogP contribution < -0.4 is 0 Å². The average molecular weight is 450 g/mol. The van der Waals surface area contributed by atoms with Gasteiger partial charge >= 0.3 is 0 Å². The van der Waals surface area contributed by atoms with Crippen LogP contribution in [0.15, 0.2) is 90.3 Å². The van der Waals surface area contributed by atoms with Crippen LogP contribution in [0.2, 0.25) is 5.15 Å². The number of nitriles is 1. The Kier molecular flexibility index (Phi) is 5.51. The molecule has 0 amide bonds. The lowest BCUT2D eigenvalue weighted by molar-refractivity contribution is 1.37. The van der Waals surface area contributed by atoms with Crippen molar-refractivity contribution < 1.29 is 0 Å². The maximum absolute atomic E-state index is 9.77. The second kappa shape index (κ2) is 8.76. The fourth-order valence-electron chi connectivity index (χ4n) is 3.50. The van der Waals surface area contributed by atoms with E-state index in [9.17, 15) is 5.26 Å². The Morgan fingerprint density at radius 2 is 1.53 bits per heavy atom. The lowest BCUT2D eigenvalue weighted by Crippen LogP contribution is -1.87. The Bertz CT molecular complexity index is 1480. The van der Waals surface area contributed by atoms with Gasteiger partial charge in [-0.2, -0.15) is 5.26 Å². The minimum Gasteiger partial charge on any atom is -0.235 e. The van der Waals surface area contributed by atoms with Gasteiger partial charge in [0, 0.05) is 21.9 Å². The number of para-hydroxylation sites is 1. The van der Waals surface area contributed by atoms with Gasteiger partial charge in [0.1, 0.15) is 16.2 Å². The summed E-state index contributed by atoms with van der Waals surface area (Å²) in [4.78, 5) is 9.14. The van der Waals surface area contributed by atoms with Crippen LogP contribution in [0.4, 0.5) is 0 Å². The van der Waals surface area contributed by atoms with Crippen LogP contribution in [0.5, 0.6) is 0 Å². The summed E-state index contributed by atoms with van der Waals surface area (Å²) in [6.07, 6.45) is 1.75. The van der Waals surface area contributed by atoms with E-state index in [0.717, 1.165) is 27.7 Å². The first-order valence-corrected chi connectivity index (χ1v) is 11.3. The third-order valence-corrected chi connectivity index (χ3v) is 6.33. The minimum atomic E-state index is 0.365. The van der Waals surface area contributed by atoms with E-state index in [4.69, 9.17) is 16.6 Å². The number of allylic oxidation sites excluding steroid dienone is 1. The Morgan fingerprint density at radius 3 is 2.31 bits per heavy atom. The zero-order valence-corrected chi connectivity index (χ0v) is 18.4. The first-order chi connectivity index (χ1) is 15.7. The average Bonchev–Trinajstić information content (AvgIpc) is 3.33. The molecule has 5 rings (SSSR count). The molecule has 32 heavy (non-hydrogen) atoms. The number of fused-ring (bicyclic) bond motifs is 1. The molecule has 3 aromatic carbocycles. The number of nitrogens with zero attached hydrogens (tertiary/aromatic N) is 3. The van der Waals surface area contributed by atoms with Gasteiger partial charge in [-0.3, -0.25) is 0 Å². The van der Waals surface area contributed by atoms with E-state index >= 15 is 0 Å². The Morgan fingerprint density at radius 1 is 0.844 bits per heavy atom. The number of rotatable bonds is 4. The SMILES string of the molecule is N#CC(=Cc1cc2ccccc2nc1Cl)c1nc(-c2ccc(-c3ccccc3)cc2)cs1. The number of thiazole rings is 1. The van der Waals surface area contributed by atoms with Crippen LogP contribution >= 0.6 is 22.9 Å². The van der Waals surface area contributed by atoms with Crippen LogP contribution in [-0.4, -0.2) is 9.97 Å². The number of aromatic nitrogens is 2. The highest BCUT2D eigenvalue weighted by molar-refractivity contribution is 7.11. The van der Waals surface area contributed by atoms with Crippen molar-refractivity contribution in [3.8, 4) is 28.5 Å². The summed E-state index contributed by atoms with van der Waals surface area (Å²) < 4.78 is 0. The molecule has 0 unspecified atom stereocenters. The normalized spacial score (nSPS) is 11.4. The molecule has 0 atom stereocenters. The van der Waals surface area contributed by atoms with Crippen molar-refractivity contribution in [1.82, 2.24) is 9.97 Å². The molecule has 0 spiro atoms. The summed E-state index contributed by atoms with van der Waals surface area (Å²) in [5, 5.41) is 13.7. The Labute approximate surface area is 194 Å². The van der Waals surface area contributed by atoms with Gasteiger partial charge in [-0.05, 0) is 29.3 Å². The molecule has 0 saturated carbocycles. The van der Waals surface area contributed by atoms with Crippen LogP contribution in [0, 0.1) is 11.3 Å². The summed E-state index contributed by atoms with van der Waals surface area (Å²) in [6.45, 7) is 0. The Hall–Kier alpha value is -3.78. The molecule has 0 saturated heterocycles. The van der Waals surface area contributed by atoms with E-state index in [1.54, 1.807) is 6.08 Å². The summed E-state index contributed by atoms with van der Waals surface area (Å²) in [7, 11) is 0. The fourth-order valence-corrected chi connectivity index (χ4v) is 4.50. The van der Waals surface area contributed by atoms with E-state index in [2.05, 4.69) is 47.5 Å². The first-order valence-electron chi connectivity index (χ1n) is 10.00. The molecule has 0 bridgehead atoms. The van der Waals surface area contributed by atoms with Crippen molar-refractivity contribution in [3.05, 3.63) is 106 Å². The summed E-state index contributed by atoms with van der Waals surface area (Å²) in [5.41, 5.74) is 6.16. The van der Waals surface area contributed by atoms with Crippen LogP contribution in [0.1, 0.15) is 10.6 Å². The molecule has 0 fully saturated rings. The highest BCUT2D eigenvalue weighted by Crippen LogP contribution is 2.30. The largest absolute Gasteiger partial charge is 0.235 e. The molecule has 2 aromatic heterocycles. The maximum atomic E-state index is 9.77. The number of hydrogen-bond acceptors (Lipinski definition) is 4. The summed E-state index contributed by atoms with van der Waals surface area (Å²) in [5.74, 6) is 0. The molecule has 0 aliphatic rings. The molecular weight excluding hydrogens is 434 g/mol. The van der Waals surface area contributed by atoms with Crippen molar-refractivity contribution >= 4 is 45.5 Å². The van der Waals surface area contributed by atoms with Crippen LogP contribution in [0.25, 0.3) is 44.9 Å². The van der Waals surface area contributed by atoms with Gasteiger partial charge in [-0.25, -0.2) is 9.97 Å². The van der Waals surface area contributed by atoms with Crippen molar-refractivity contribution in [2.45, 2.75) is 0 Å². The van der Waals surface area contributed by atoms with Gasteiger partial charge in [-0.15, -0.1) is 11.3 Å². The molecule has 152 valence electrons. The van der Waals surface area contributed by atoms with Gasteiger partial charge < -0.3 is 0 Å². The molecular formula is C27H16ClN3S. The molecule has 0 N–H and O–H groups in total. The number of benzene rings is 3. The second-order valence-electron chi connectivity index (χ2n) is 7.21. The van der Waals surface area contributed by atoms with Crippen molar-refractivity contribution in [3.63, 3.8) is 0 Å². The van der Waals surface area contributed by atoms with Crippen molar-refractivity contribution in [2.24, 2.45) is 0 Å². The van der Waals surface area contributed by atoms with Gasteiger partial charge in [0.05, 0.1) is 16.8 Å². The van der Waals surface area contributed by atoms with Gasteiger partial charge in [-0.1, -0.05) is 84.4 Å². The monoisotopic (exact) mass is 449 g/mol. The summed E-state index contributed by atoms with van der Waals surface area (Å²) in [6, 6.07) is 30.5. The topological polar surface area (TPSA) is 49.6 Å². The molecule has 0 aliphatic carbocycles. The van der Waals surface area contributed by atoms with Gasteiger partial charge in [0.25, 0.3) is 0 Å². The van der Waals surface area contributed by atoms with Crippen LogP contribution in [0.3, 0.4) is 0 Å². The minimum absolute atomic E-state index is 0.365. The van der Waals surface area contributed by atoms with Crippen LogP contribution in [-0.2, 0) is 0 Å². The smallest absolute Gasteiger partial charge is 0.137 e. The van der Waals surface area contributed by atoms with Crippen molar-refractivity contribution in [1.29, 1.82) is 5.26 Å². The van der Waals surface area contributed by atoms with E-state index in [1.807, 2.05) is 53.9 Å². The molecule has 5 heteroatoms. The predicted octanol–water partition coefficient (Wildman–Crippen LogP) is 7.74. The zero-order chi connectivity index (χ0) is 21.9. The quantitative estimate of drug-likeness (QED) is 0.208. The highest BCUT2D eigenvalue weighted by atomic mass is 35.5. The molecule has 0 radical (unpaired) electrons. The lowest BCUT2D eigenvalue weighted by Gasteiger charge is -2.03. The van der Waals surface area contributed by atoms with E-state index < -0.39 is 0 Å².